The van der Waals surface area contributed by atoms with Crippen molar-refractivity contribution in [2.24, 2.45) is 0 Å². The third-order valence-electron chi connectivity index (χ3n) is 4.53. The van der Waals surface area contributed by atoms with E-state index in [1.165, 1.54) is 0 Å². The van der Waals surface area contributed by atoms with E-state index < -0.39 is 0 Å². The summed E-state index contributed by atoms with van der Waals surface area (Å²) in [4.78, 5) is 13.3. The third-order valence-corrected chi connectivity index (χ3v) is 5.49. The molecular weight excluding hydrogens is 431 g/mol. The van der Waals surface area contributed by atoms with E-state index in [4.69, 9.17) is 44.0 Å². The van der Waals surface area contributed by atoms with Crippen LogP contribution in [0.15, 0.2) is 69.9 Å². The van der Waals surface area contributed by atoms with Crippen molar-refractivity contribution in [2.45, 2.75) is 13.5 Å². The maximum absolute atomic E-state index is 13.3. The molecule has 0 fully saturated rings. The smallest absolute Gasteiger partial charge is 0.235 e. The minimum absolute atomic E-state index is 0.0289. The van der Waals surface area contributed by atoms with Crippen LogP contribution in [0.3, 0.4) is 0 Å². The molecule has 0 unspecified atom stereocenters. The molecule has 0 radical (unpaired) electrons. The fourth-order valence-corrected chi connectivity index (χ4v) is 3.66. The Morgan fingerprint density at radius 1 is 0.931 bits per heavy atom. The van der Waals surface area contributed by atoms with Gasteiger partial charge in [-0.1, -0.05) is 52.5 Å². The number of ether oxygens (including phenoxy) is 1. The monoisotopic (exact) mass is 444 g/mol. The second kappa shape index (κ2) is 8.11. The molecule has 4 aromatic rings. The van der Waals surface area contributed by atoms with Gasteiger partial charge in [0.2, 0.25) is 11.2 Å². The normalized spacial score (nSPS) is 11.0. The van der Waals surface area contributed by atoms with Crippen molar-refractivity contribution in [1.82, 2.24) is 0 Å². The van der Waals surface area contributed by atoms with Crippen LogP contribution >= 0.6 is 34.8 Å². The first-order chi connectivity index (χ1) is 13.9. The summed E-state index contributed by atoms with van der Waals surface area (Å²) in [6.45, 7) is 1.94. The topological polar surface area (TPSA) is 39.4 Å². The van der Waals surface area contributed by atoms with Gasteiger partial charge in [0.15, 0.2) is 5.76 Å². The van der Waals surface area contributed by atoms with Crippen LogP contribution < -0.4 is 10.2 Å². The summed E-state index contributed by atoms with van der Waals surface area (Å²) in [5.41, 5.74) is 2.44. The van der Waals surface area contributed by atoms with E-state index in [0.29, 0.717) is 42.9 Å². The zero-order chi connectivity index (χ0) is 20.5. The quantitative estimate of drug-likeness (QED) is 0.330. The molecule has 146 valence electrons. The van der Waals surface area contributed by atoms with E-state index in [1.54, 1.807) is 54.6 Å². The molecular formula is C23H15Cl3O3. The predicted molar refractivity (Wildman–Crippen MR) is 118 cm³/mol. The summed E-state index contributed by atoms with van der Waals surface area (Å²) < 4.78 is 12.0. The van der Waals surface area contributed by atoms with Gasteiger partial charge in [-0.15, -0.1) is 0 Å². The van der Waals surface area contributed by atoms with Gasteiger partial charge < -0.3 is 9.15 Å². The molecule has 0 atom stereocenters. The highest BCUT2D eigenvalue weighted by atomic mass is 35.5. The Morgan fingerprint density at radius 2 is 1.62 bits per heavy atom. The fraction of sp³-hybridized carbons (Fsp3) is 0.0870. The van der Waals surface area contributed by atoms with Crippen LogP contribution in [0.25, 0.3) is 22.3 Å². The first-order valence-electron chi connectivity index (χ1n) is 8.83. The zero-order valence-electron chi connectivity index (χ0n) is 15.3. The fourth-order valence-electron chi connectivity index (χ4n) is 3.03. The summed E-state index contributed by atoms with van der Waals surface area (Å²) in [6.07, 6.45) is 0. The van der Waals surface area contributed by atoms with Crippen LogP contribution in [0.4, 0.5) is 0 Å². The average molecular weight is 446 g/mol. The number of fused-ring (bicyclic) bond motifs is 1. The van der Waals surface area contributed by atoms with Crippen LogP contribution in [0.1, 0.15) is 11.1 Å². The Kier molecular flexibility index (Phi) is 5.55. The van der Waals surface area contributed by atoms with E-state index in [2.05, 4.69) is 0 Å². The van der Waals surface area contributed by atoms with Crippen molar-refractivity contribution in [1.29, 1.82) is 0 Å². The van der Waals surface area contributed by atoms with Crippen molar-refractivity contribution in [3.05, 3.63) is 97.1 Å². The Hall–Kier alpha value is -2.46. The van der Waals surface area contributed by atoms with Crippen molar-refractivity contribution < 1.29 is 9.15 Å². The van der Waals surface area contributed by atoms with E-state index in [-0.39, 0.29) is 17.8 Å². The molecule has 6 heteroatoms. The Morgan fingerprint density at radius 3 is 2.31 bits per heavy atom. The molecule has 0 saturated carbocycles. The summed E-state index contributed by atoms with van der Waals surface area (Å²) in [7, 11) is 0. The van der Waals surface area contributed by atoms with Crippen LogP contribution in [-0.2, 0) is 6.61 Å². The van der Waals surface area contributed by atoms with Gasteiger partial charge in [0.05, 0.1) is 5.39 Å². The average Bonchev–Trinajstić information content (AvgIpc) is 2.70. The Labute approximate surface area is 182 Å². The lowest BCUT2D eigenvalue weighted by molar-refractivity contribution is 0.298. The highest BCUT2D eigenvalue weighted by Crippen LogP contribution is 2.33. The van der Waals surface area contributed by atoms with Gasteiger partial charge in [0.1, 0.15) is 12.2 Å². The minimum Gasteiger partial charge on any atom is -0.481 e. The molecule has 3 aromatic carbocycles. The van der Waals surface area contributed by atoms with E-state index in [9.17, 15) is 4.79 Å². The molecule has 0 saturated heterocycles. The SMILES string of the molecule is Cc1ccc2oc(-c3ccc(Cl)cc3)c(OCc3c(Cl)cccc3Cl)c(=O)c2c1. The number of aryl methyl sites for hydroxylation is 1. The minimum atomic E-state index is -0.261. The third kappa shape index (κ3) is 3.99. The Bertz CT molecular complexity index is 1240. The van der Waals surface area contributed by atoms with Crippen LogP contribution in [0.5, 0.6) is 5.75 Å². The first kappa shape index (κ1) is 19.8. The maximum Gasteiger partial charge on any atom is 0.235 e. The lowest BCUT2D eigenvalue weighted by Gasteiger charge is -2.13. The molecule has 0 spiro atoms. The molecule has 3 nitrogen and oxygen atoms in total. The van der Waals surface area contributed by atoms with E-state index in [1.807, 2.05) is 13.0 Å². The van der Waals surface area contributed by atoms with Gasteiger partial charge in [-0.25, -0.2) is 0 Å². The predicted octanol–water partition coefficient (Wildman–Crippen LogP) is 7.31. The highest BCUT2D eigenvalue weighted by Gasteiger charge is 2.19. The molecule has 0 bridgehead atoms. The maximum atomic E-state index is 13.3. The van der Waals surface area contributed by atoms with Crippen molar-refractivity contribution in [3.8, 4) is 17.1 Å². The molecule has 0 N–H and O–H groups in total. The number of halogens is 3. The molecule has 0 aliphatic heterocycles. The van der Waals surface area contributed by atoms with E-state index >= 15 is 0 Å². The number of hydrogen-bond acceptors (Lipinski definition) is 3. The first-order valence-corrected chi connectivity index (χ1v) is 9.96. The molecule has 0 amide bonds. The van der Waals surface area contributed by atoms with Gasteiger partial charge in [-0.3, -0.25) is 4.79 Å². The summed E-state index contributed by atoms with van der Waals surface area (Å²) in [5.74, 6) is 0.424. The molecule has 1 heterocycles. The van der Waals surface area contributed by atoms with Crippen LogP contribution in [0.2, 0.25) is 15.1 Å². The second-order valence-corrected chi connectivity index (χ2v) is 7.84. The second-order valence-electron chi connectivity index (χ2n) is 6.58. The molecule has 29 heavy (non-hydrogen) atoms. The van der Waals surface area contributed by atoms with Crippen molar-refractivity contribution in [2.75, 3.05) is 0 Å². The summed E-state index contributed by atoms with van der Waals surface area (Å²) in [6, 6.07) is 17.6. The number of rotatable bonds is 4. The highest BCUT2D eigenvalue weighted by molar-refractivity contribution is 6.36. The molecule has 4 rings (SSSR count). The van der Waals surface area contributed by atoms with Gasteiger partial charge >= 0.3 is 0 Å². The zero-order valence-corrected chi connectivity index (χ0v) is 17.6. The van der Waals surface area contributed by atoms with Gasteiger partial charge in [0.25, 0.3) is 0 Å². The van der Waals surface area contributed by atoms with Gasteiger partial charge in [0, 0.05) is 26.2 Å². The largest absolute Gasteiger partial charge is 0.481 e. The standard InChI is InChI=1S/C23H15Cl3O3/c1-13-5-10-20-16(11-13)21(27)23(22(29-20)14-6-8-15(24)9-7-14)28-12-17-18(25)3-2-4-19(17)26/h2-11H,12H2,1H3. The summed E-state index contributed by atoms with van der Waals surface area (Å²) in [5, 5.41) is 1.96. The lowest BCUT2D eigenvalue weighted by atomic mass is 10.1. The van der Waals surface area contributed by atoms with Gasteiger partial charge in [-0.05, 0) is 55.5 Å². The molecule has 0 aliphatic rings. The van der Waals surface area contributed by atoms with Crippen molar-refractivity contribution in [3.63, 3.8) is 0 Å². The van der Waals surface area contributed by atoms with Crippen LogP contribution in [0, 0.1) is 6.92 Å². The number of hydrogen-bond donors (Lipinski definition) is 0. The Balaban J connectivity index is 1.87. The molecule has 0 aliphatic carbocycles. The van der Waals surface area contributed by atoms with Crippen molar-refractivity contribution >= 4 is 45.8 Å². The lowest BCUT2D eigenvalue weighted by Crippen LogP contribution is -2.11. The van der Waals surface area contributed by atoms with E-state index in [0.717, 1.165) is 5.56 Å². The molecule has 1 aromatic heterocycles. The van der Waals surface area contributed by atoms with Crippen LogP contribution in [-0.4, -0.2) is 0 Å². The number of benzene rings is 3. The summed E-state index contributed by atoms with van der Waals surface area (Å²) >= 11 is 18.5. The van der Waals surface area contributed by atoms with Gasteiger partial charge in [-0.2, -0.15) is 0 Å².